The van der Waals surface area contributed by atoms with E-state index in [9.17, 15) is 4.79 Å². The molecule has 0 saturated carbocycles. The molecule has 88 valence electrons. The fourth-order valence-corrected chi connectivity index (χ4v) is 1.40. The molecule has 2 aromatic rings. The van der Waals surface area contributed by atoms with Crippen LogP contribution in [0.3, 0.4) is 0 Å². The third kappa shape index (κ3) is 3.06. The Morgan fingerprint density at radius 1 is 1.11 bits per heavy atom. The second kappa shape index (κ2) is 5.46. The molecule has 0 unspecified atom stereocenters. The zero-order chi connectivity index (χ0) is 12.8. The first-order valence-corrected chi connectivity index (χ1v) is 5.26. The van der Waals surface area contributed by atoms with Gasteiger partial charge < -0.3 is 10.6 Å². The van der Waals surface area contributed by atoms with E-state index >= 15 is 0 Å². The highest BCUT2D eigenvalue weighted by Gasteiger charge is 2.02. The van der Waals surface area contributed by atoms with E-state index in [1.54, 1.807) is 48.8 Å². The molecule has 0 saturated heterocycles. The van der Waals surface area contributed by atoms with Crippen molar-refractivity contribution in [3.8, 4) is 6.07 Å². The summed E-state index contributed by atoms with van der Waals surface area (Å²) in [5.41, 5.74) is 1.72. The number of rotatable bonds is 2. The van der Waals surface area contributed by atoms with Crippen molar-refractivity contribution in [1.29, 1.82) is 5.26 Å². The fraction of sp³-hybridized carbons (Fsp3) is 0. The van der Waals surface area contributed by atoms with E-state index in [0.29, 0.717) is 16.9 Å². The van der Waals surface area contributed by atoms with Crippen LogP contribution in [0.5, 0.6) is 0 Å². The number of carbonyl (C=O) groups excluding carboxylic acids is 1. The minimum Gasteiger partial charge on any atom is -0.308 e. The van der Waals surface area contributed by atoms with E-state index in [4.69, 9.17) is 5.26 Å². The summed E-state index contributed by atoms with van der Waals surface area (Å²) in [5.74, 6) is 0. The van der Waals surface area contributed by atoms with Crippen LogP contribution in [0.15, 0.2) is 48.8 Å². The number of hydrogen-bond acceptors (Lipinski definition) is 3. The first kappa shape index (κ1) is 11.6. The Kier molecular flexibility index (Phi) is 3.52. The molecule has 2 amide bonds. The number of urea groups is 1. The zero-order valence-corrected chi connectivity index (χ0v) is 9.42. The molecule has 0 aliphatic carbocycles. The quantitative estimate of drug-likeness (QED) is 0.844. The standard InChI is InChI=1S/C13H10N4O/c14-9-10-2-1-3-12(8-10)17-13(18)16-11-4-6-15-7-5-11/h1-8H,(H2,15,16,17,18). The highest BCUT2D eigenvalue weighted by molar-refractivity contribution is 5.99. The van der Waals surface area contributed by atoms with E-state index in [2.05, 4.69) is 15.6 Å². The molecular weight excluding hydrogens is 228 g/mol. The van der Waals surface area contributed by atoms with Gasteiger partial charge in [0.1, 0.15) is 0 Å². The molecule has 18 heavy (non-hydrogen) atoms. The number of hydrogen-bond donors (Lipinski definition) is 2. The van der Waals surface area contributed by atoms with Crippen LogP contribution in [-0.4, -0.2) is 11.0 Å². The molecule has 5 nitrogen and oxygen atoms in total. The predicted octanol–water partition coefficient (Wildman–Crippen LogP) is 2.60. The van der Waals surface area contributed by atoms with Crippen LogP contribution in [0.4, 0.5) is 16.2 Å². The molecule has 0 fully saturated rings. The Morgan fingerprint density at radius 2 is 1.83 bits per heavy atom. The van der Waals surface area contributed by atoms with Gasteiger partial charge in [-0.2, -0.15) is 5.26 Å². The molecule has 1 aromatic heterocycles. The van der Waals surface area contributed by atoms with E-state index < -0.39 is 0 Å². The van der Waals surface area contributed by atoms with Gasteiger partial charge in [0, 0.05) is 23.8 Å². The topological polar surface area (TPSA) is 77.8 Å². The lowest BCUT2D eigenvalue weighted by molar-refractivity contribution is 0.262. The summed E-state index contributed by atoms with van der Waals surface area (Å²) in [4.78, 5) is 15.5. The smallest absolute Gasteiger partial charge is 0.308 e. The summed E-state index contributed by atoms with van der Waals surface area (Å²) < 4.78 is 0. The number of aromatic nitrogens is 1. The maximum Gasteiger partial charge on any atom is 0.323 e. The van der Waals surface area contributed by atoms with Gasteiger partial charge in [0.05, 0.1) is 11.6 Å². The average molecular weight is 238 g/mol. The molecule has 1 aromatic carbocycles. The van der Waals surface area contributed by atoms with Gasteiger partial charge in [0.15, 0.2) is 0 Å². The molecule has 2 rings (SSSR count). The van der Waals surface area contributed by atoms with E-state index in [1.165, 1.54) is 0 Å². The van der Waals surface area contributed by atoms with Crippen molar-refractivity contribution in [2.75, 3.05) is 10.6 Å². The van der Waals surface area contributed by atoms with Crippen LogP contribution in [-0.2, 0) is 0 Å². The third-order valence-corrected chi connectivity index (χ3v) is 2.19. The van der Waals surface area contributed by atoms with Crippen molar-refractivity contribution in [3.63, 3.8) is 0 Å². The van der Waals surface area contributed by atoms with Crippen molar-refractivity contribution in [2.24, 2.45) is 0 Å². The molecule has 0 spiro atoms. The maximum atomic E-state index is 11.7. The van der Waals surface area contributed by atoms with Crippen LogP contribution in [0.1, 0.15) is 5.56 Å². The molecule has 5 heteroatoms. The van der Waals surface area contributed by atoms with Gasteiger partial charge in [0.2, 0.25) is 0 Å². The summed E-state index contributed by atoms with van der Waals surface area (Å²) in [5, 5.41) is 14.0. The lowest BCUT2D eigenvalue weighted by Crippen LogP contribution is -2.19. The lowest BCUT2D eigenvalue weighted by Gasteiger charge is -2.07. The fourth-order valence-electron chi connectivity index (χ4n) is 1.40. The van der Waals surface area contributed by atoms with E-state index in [0.717, 1.165) is 0 Å². The Bertz CT molecular complexity index is 589. The van der Waals surface area contributed by atoms with Crippen LogP contribution >= 0.6 is 0 Å². The molecule has 0 aliphatic heterocycles. The average Bonchev–Trinajstić information content (AvgIpc) is 2.40. The molecule has 0 atom stereocenters. The van der Waals surface area contributed by atoms with E-state index in [1.807, 2.05) is 6.07 Å². The minimum absolute atomic E-state index is 0.365. The number of amides is 2. The third-order valence-electron chi connectivity index (χ3n) is 2.19. The summed E-state index contributed by atoms with van der Waals surface area (Å²) in [7, 11) is 0. The molecule has 1 heterocycles. The maximum absolute atomic E-state index is 11.7. The van der Waals surface area contributed by atoms with Gasteiger partial charge in [-0.3, -0.25) is 4.98 Å². The Balaban J connectivity index is 2.01. The second-order valence-electron chi connectivity index (χ2n) is 3.51. The van der Waals surface area contributed by atoms with Crippen molar-refractivity contribution in [3.05, 3.63) is 54.4 Å². The monoisotopic (exact) mass is 238 g/mol. The van der Waals surface area contributed by atoms with Gasteiger partial charge in [0.25, 0.3) is 0 Å². The molecule has 0 aliphatic rings. The summed E-state index contributed by atoms with van der Waals surface area (Å²) in [6.07, 6.45) is 3.18. The van der Waals surface area contributed by atoms with Crippen molar-refractivity contribution >= 4 is 17.4 Å². The van der Waals surface area contributed by atoms with Gasteiger partial charge in [-0.05, 0) is 30.3 Å². The Hall–Kier alpha value is -2.87. The number of benzene rings is 1. The molecule has 0 radical (unpaired) electrons. The number of carbonyl (C=O) groups is 1. The van der Waals surface area contributed by atoms with Gasteiger partial charge >= 0.3 is 6.03 Å². The molecule has 0 bridgehead atoms. The largest absolute Gasteiger partial charge is 0.323 e. The van der Waals surface area contributed by atoms with E-state index in [-0.39, 0.29) is 6.03 Å². The van der Waals surface area contributed by atoms with Gasteiger partial charge in [-0.15, -0.1) is 0 Å². The Morgan fingerprint density at radius 3 is 2.56 bits per heavy atom. The number of nitrogens with one attached hydrogen (secondary N) is 2. The number of pyridine rings is 1. The minimum atomic E-state index is -0.365. The number of nitriles is 1. The summed E-state index contributed by atoms with van der Waals surface area (Å²) >= 11 is 0. The van der Waals surface area contributed by atoms with Crippen LogP contribution in [0.2, 0.25) is 0 Å². The Labute approximate surface area is 104 Å². The first-order valence-electron chi connectivity index (χ1n) is 5.26. The lowest BCUT2D eigenvalue weighted by atomic mass is 10.2. The number of anilines is 2. The molecular formula is C13H10N4O. The number of nitrogens with zero attached hydrogens (tertiary/aromatic N) is 2. The van der Waals surface area contributed by atoms with Gasteiger partial charge in [-0.25, -0.2) is 4.79 Å². The van der Waals surface area contributed by atoms with Gasteiger partial charge in [-0.1, -0.05) is 6.07 Å². The molecule has 2 N–H and O–H groups in total. The zero-order valence-electron chi connectivity index (χ0n) is 9.42. The summed E-state index contributed by atoms with van der Waals surface area (Å²) in [6.45, 7) is 0. The van der Waals surface area contributed by atoms with Crippen molar-refractivity contribution in [1.82, 2.24) is 4.98 Å². The highest BCUT2D eigenvalue weighted by Crippen LogP contribution is 2.10. The summed E-state index contributed by atoms with van der Waals surface area (Å²) in [6, 6.07) is 11.7. The highest BCUT2D eigenvalue weighted by atomic mass is 16.2. The predicted molar refractivity (Wildman–Crippen MR) is 68.0 cm³/mol. The normalized spacial score (nSPS) is 9.28. The van der Waals surface area contributed by atoms with Crippen LogP contribution in [0.25, 0.3) is 0 Å². The van der Waals surface area contributed by atoms with Crippen molar-refractivity contribution < 1.29 is 4.79 Å². The van der Waals surface area contributed by atoms with Crippen LogP contribution < -0.4 is 10.6 Å². The SMILES string of the molecule is N#Cc1cccc(NC(=O)Nc2ccncc2)c1. The van der Waals surface area contributed by atoms with Crippen molar-refractivity contribution in [2.45, 2.75) is 0 Å². The first-order chi connectivity index (χ1) is 8.78. The second-order valence-corrected chi connectivity index (χ2v) is 3.51. The van der Waals surface area contributed by atoms with Crippen LogP contribution in [0, 0.1) is 11.3 Å².